The smallest absolute Gasteiger partial charge is 0.245 e. The maximum absolute atomic E-state index is 12.2. The van der Waals surface area contributed by atoms with Crippen LogP contribution in [0.5, 0.6) is 0 Å². The van der Waals surface area contributed by atoms with E-state index in [4.69, 9.17) is 4.52 Å². The van der Waals surface area contributed by atoms with Gasteiger partial charge in [-0.05, 0) is 6.92 Å². The molecule has 6 heteroatoms. The molecule has 0 saturated carbocycles. The summed E-state index contributed by atoms with van der Waals surface area (Å²) in [7, 11) is 0. The van der Waals surface area contributed by atoms with Gasteiger partial charge in [0.25, 0.3) is 0 Å². The van der Waals surface area contributed by atoms with Crippen molar-refractivity contribution in [2.75, 3.05) is 18.4 Å². The van der Waals surface area contributed by atoms with E-state index in [0.29, 0.717) is 18.1 Å². The third-order valence-electron chi connectivity index (χ3n) is 2.51. The van der Waals surface area contributed by atoms with E-state index in [-0.39, 0.29) is 18.4 Å². The minimum Gasteiger partial charge on any atom is -0.360 e. The Bertz CT molecular complexity index is 500. The zero-order chi connectivity index (χ0) is 15.3. The van der Waals surface area contributed by atoms with Gasteiger partial charge in [0.05, 0.1) is 0 Å². The van der Waals surface area contributed by atoms with Crippen LogP contribution in [0.25, 0.3) is 0 Å². The fourth-order valence-electron chi connectivity index (χ4n) is 1.63. The first-order chi connectivity index (χ1) is 9.24. The molecule has 0 bridgehead atoms. The highest BCUT2D eigenvalue weighted by Gasteiger charge is 2.27. The average molecular weight is 279 g/mol. The summed E-state index contributed by atoms with van der Waals surface area (Å²) in [5.74, 6) is 0.518. The Hall–Kier alpha value is -2.11. The van der Waals surface area contributed by atoms with Gasteiger partial charge in [-0.3, -0.25) is 9.59 Å². The van der Waals surface area contributed by atoms with Crippen LogP contribution in [0.15, 0.2) is 23.2 Å². The maximum atomic E-state index is 12.2. The first kappa shape index (κ1) is 15.9. The molecule has 6 nitrogen and oxygen atoms in total. The van der Waals surface area contributed by atoms with Crippen LogP contribution in [0.2, 0.25) is 0 Å². The lowest BCUT2D eigenvalue weighted by Crippen LogP contribution is -2.43. The molecule has 0 saturated heterocycles. The lowest BCUT2D eigenvalue weighted by atomic mass is 9.94. The van der Waals surface area contributed by atoms with E-state index < -0.39 is 5.41 Å². The zero-order valence-corrected chi connectivity index (χ0v) is 12.4. The first-order valence-electron chi connectivity index (χ1n) is 6.37. The van der Waals surface area contributed by atoms with Crippen molar-refractivity contribution in [3.8, 4) is 0 Å². The summed E-state index contributed by atoms with van der Waals surface area (Å²) >= 11 is 0. The van der Waals surface area contributed by atoms with Crippen LogP contribution in [0.3, 0.4) is 0 Å². The Balaban J connectivity index is 2.68. The molecule has 20 heavy (non-hydrogen) atoms. The molecular formula is C14H21N3O3. The molecule has 1 aromatic heterocycles. The Morgan fingerprint density at radius 1 is 1.50 bits per heavy atom. The van der Waals surface area contributed by atoms with Gasteiger partial charge in [0.15, 0.2) is 5.82 Å². The van der Waals surface area contributed by atoms with Gasteiger partial charge >= 0.3 is 0 Å². The number of amides is 2. The molecule has 0 radical (unpaired) electrons. The van der Waals surface area contributed by atoms with Gasteiger partial charge in [0, 0.05) is 18.0 Å². The number of hydrogen-bond donors (Lipinski definition) is 1. The van der Waals surface area contributed by atoms with Crippen molar-refractivity contribution in [1.29, 1.82) is 0 Å². The molecule has 0 aromatic carbocycles. The zero-order valence-electron chi connectivity index (χ0n) is 12.4. The monoisotopic (exact) mass is 279 g/mol. The van der Waals surface area contributed by atoms with Crippen molar-refractivity contribution in [2.45, 2.75) is 27.7 Å². The third-order valence-corrected chi connectivity index (χ3v) is 2.51. The van der Waals surface area contributed by atoms with E-state index in [0.717, 1.165) is 0 Å². The van der Waals surface area contributed by atoms with Crippen molar-refractivity contribution in [2.24, 2.45) is 5.41 Å². The van der Waals surface area contributed by atoms with Crippen LogP contribution < -0.4 is 5.32 Å². The van der Waals surface area contributed by atoms with Crippen molar-refractivity contribution in [3.05, 3.63) is 24.5 Å². The molecule has 0 aliphatic carbocycles. The van der Waals surface area contributed by atoms with E-state index in [9.17, 15) is 9.59 Å². The summed E-state index contributed by atoms with van der Waals surface area (Å²) < 4.78 is 4.86. The molecular weight excluding hydrogens is 258 g/mol. The Kier molecular flexibility index (Phi) is 5.07. The van der Waals surface area contributed by atoms with E-state index >= 15 is 0 Å². The van der Waals surface area contributed by atoms with E-state index in [1.807, 2.05) is 20.8 Å². The van der Waals surface area contributed by atoms with E-state index in [1.165, 1.54) is 4.90 Å². The number of carbonyl (C=O) groups excluding carboxylic acids is 2. The highest BCUT2D eigenvalue weighted by Crippen LogP contribution is 2.17. The normalized spacial score (nSPS) is 11.0. The van der Waals surface area contributed by atoms with E-state index in [2.05, 4.69) is 17.1 Å². The molecule has 0 aliphatic heterocycles. The van der Waals surface area contributed by atoms with Crippen LogP contribution in [0, 0.1) is 12.3 Å². The molecule has 110 valence electrons. The molecule has 0 atom stereocenters. The number of nitrogens with one attached hydrogen (secondary N) is 1. The number of rotatable bonds is 5. The number of carbonyl (C=O) groups is 2. The van der Waals surface area contributed by atoms with Crippen LogP contribution in [0.4, 0.5) is 5.82 Å². The van der Waals surface area contributed by atoms with Gasteiger partial charge in [0.2, 0.25) is 11.8 Å². The lowest BCUT2D eigenvalue weighted by molar-refractivity contribution is -0.141. The summed E-state index contributed by atoms with van der Waals surface area (Å²) in [4.78, 5) is 25.6. The summed E-state index contributed by atoms with van der Waals surface area (Å²) in [6, 6.07) is 1.61. The topological polar surface area (TPSA) is 75.4 Å². The quantitative estimate of drug-likeness (QED) is 0.836. The number of nitrogens with zero attached hydrogens (tertiary/aromatic N) is 2. The number of aromatic nitrogens is 1. The van der Waals surface area contributed by atoms with Crippen molar-refractivity contribution in [3.63, 3.8) is 0 Å². The SMILES string of the molecule is C=CCN(CC(=O)Nc1cc(C)on1)C(=O)C(C)(C)C. The van der Waals surface area contributed by atoms with Crippen LogP contribution in [-0.2, 0) is 9.59 Å². The summed E-state index contributed by atoms with van der Waals surface area (Å²) in [6.07, 6.45) is 1.59. The summed E-state index contributed by atoms with van der Waals surface area (Å²) in [5, 5.41) is 6.26. The Labute approximate surface area is 118 Å². The predicted molar refractivity (Wildman–Crippen MR) is 76.1 cm³/mol. The van der Waals surface area contributed by atoms with Crippen LogP contribution in [-0.4, -0.2) is 35.0 Å². The molecule has 1 rings (SSSR count). The fourth-order valence-corrected chi connectivity index (χ4v) is 1.63. The molecule has 0 unspecified atom stereocenters. The van der Waals surface area contributed by atoms with Gasteiger partial charge in [-0.1, -0.05) is 32.0 Å². The molecule has 0 aliphatic rings. The number of anilines is 1. The first-order valence-corrected chi connectivity index (χ1v) is 6.37. The van der Waals surface area contributed by atoms with Crippen molar-refractivity contribution in [1.82, 2.24) is 10.1 Å². The maximum Gasteiger partial charge on any atom is 0.245 e. The lowest BCUT2D eigenvalue weighted by Gasteiger charge is -2.27. The second-order valence-electron chi connectivity index (χ2n) is 5.60. The third kappa shape index (κ3) is 4.53. The molecule has 1 N–H and O–H groups in total. The molecule has 2 amide bonds. The number of hydrogen-bond acceptors (Lipinski definition) is 4. The minimum absolute atomic E-state index is 0.0476. The van der Waals surface area contributed by atoms with Gasteiger partial charge in [-0.25, -0.2) is 0 Å². The van der Waals surface area contributed by atoms with Crippen molar-refractivity contribution < 1.29 is 14.1 Å². The van der Waals surface area contributed by atoms with E-state index in [1.54, 1.807) is 19.1 Å². The fraction of sp³-hybridized carbons (Fsp3) is 0.500. The largest absolute Gasteiger partial charge is 0.360 e. The second-order valence-corrected chi connectivity index (χ2v) is 5.60. The Morgan fingerprint density at radius 3 is 2.60 bits per heavy atom. The highest BCUT2D eigenvalue weighted by molar-refractivity contribution is 5.94. The predicted octanol–water partition coefficient (Wildman–Crippen LogP) is 1.98. The van der Waals surface area contributed by atoms with Gasteiger partial charge in [-0.2, -0.15) is 0 Å². The second kappa shape index (κ2) is 6.36. The molecule has 1 heterocycles. The minimum atomic E-state index is -0.548. The standard InChI is InChI=1S/C14H21N3O3/c1-6-7-17(13(19)14(3,4)5)9-12(18)15-11-8-10(2)20-16-11/h6,8H,1,7,9H2,2-5H3,(H,15,16,18). The van der Waals surface area contributed by atoms with Crippen molar-refractivity contribution >= 4 is 17.6 Å². The molecule has 0 spiro atoms. The number of aryl methyl sites for hydroxylation is 1. The average Bonchev–Trinajstić information content (AvgIpc) is 2.72. The van der Waals surface area contributed by atoms with Crippen LogP contribution >= 0.6 is 0 Å². The van der Waals surface area contributed by atoms with Crippen LogP contribution in [0.1, 0.15) is 26.5 Å². The van der Waals surface area contributed by atoms with Gasteiger partial charge < -0.3 is 14.7 Å². The van der Waals surface area contributed by atoms with Gasteiger partial charge in [-0.15, -0.1) is 6.58 Å². The highest BCUT2D eigenvalue weighted by atomic mass is 16.5. The molecule has 0 fully saturated rings. The molecule has 1 aromatic rings. The Morgan fingerprint density at radius 2 is 2.15 bits per heavy atom. The summed E-state index contributed by atoms with van der Waals surface area (Å²) in [5.41, 5.74) is -0.548. The summed E-state index contributed by atoms with van der Waals surface area (Å²) in [6.45, 7) is 11.0. The van der Waals surface area contributed by atoms with Gasteiger partial charge in [0.1, 0.15) is 12.3 Å².